The molecule has 44 heavy (non-hydrogen) atoms. The molecule has 0 spiro atoms. The van der Waals surface area contributed by atoms with Crippen molar-refractivity contribution >= 4 is 23.9 Å². The van der Waals surface area contributed by atoms with Gasteiger partial charge in [0.2, 0.25) is 5.60 Å². The molecule has 2 aliphatic heterocycles. The summed E-state index contributed by atoms with van der Waals surface area (Å²) in [6.45, 7) is 14.8. The quantitative estimate of drug-likeness (QED) is 0.122. The summed E-state index contributed by atoms with van der Waals surface area (Å²) in [4.78, 5) is 52.6. The smallest absolute Gasteiger partial charge is 0.342 e. The predicted molar refractivity (Wildman–Crippen MR) is 157 cm³/mol. The number of unbranched alkanes of at least 4 members (excludes halogenated alkanes) is 4. The van der Waals surface area contributed by atoms with Gasteiger partial charge < -0.3 is 33.5 Å². The molecule has 0 radical (unpaired) electrons. The molecule has 2 heterocycles. The number of ether oxygens (including phenoxy) is 6. The Hall–Kier alpha value is -2.76. The van der Waals surface area contributed by atoms with Crippen LogP contribution in [0.15, 0.2) is 22.8 Å². The van der Waals surface area contributed by atoms with Gasteiger partial charge in [-0.1, -0.05) is 38.7 Å². The molecule has 11 nitrogen and oxygen atoms in total. The summed E-state index contributed by atoms with van der Waals surface area (Å²) in [5, 5.41) is 12.5. The van der Waals surface area contributed by atoms with Gasteiger partial charge in [0.25, 0.3) is 0 Å². The topological polar surface area (TPSA) is 144 Å². The number of hydrogen-bond acceptors (Lipinski definition) is 11. The third-order valence-corrected chi connectivity index (χ3v) is 9.64. The third-order valence-electron chi connectivity index (χ3n) is 9.64. The Kier molecular flexibility index (Phi) is 9.47. The van der Waals surface area contributed by atoms with Crippen molar-refractivity contribution in [1.29, 1.82) is 0 Å². The van der Waals surface area contributed by atoms with Crippen LogP contribution >= 0.6 is 0 Å². The van der Waals surface area contributed by atoms with Gasteiger partial charge in [0, 0.05) is 25.3 Å². The number of rotatable bonds is 10. The molecule has 2 saturated heterocycles. The molecular formula is C33H48O11. The number of hydrogen-bond donors (Lipinski definition) is 1. The molecule has 1 N–H and O–H groups in total. The summed E-state index contributed by atoms with van der Waals surface area (Å²) in [6, 6.07) is 0. The van der Waals surface area contributed by atoms with E-state index in [2.05, 4.69) is 6.92 Å². The van der Waals surface area contributed by atoms with E-state index in [0.29, 0.717) is 23.1 Å². The van der Waals surface area contributed by atoms with Gasteiger partial charge in [0.1, 0.15) is 11.7 Å². The SMILES string of the molecule is C/C=C(/C)C(=O)O[C@H]1C(C)=C2[C@H]([C@@H]1OC(=O)CCCCCCC)[C@@](C)(OC(C)=O)C[C@@H]1OC(C)(C)O[C@]3(C)C(=O)O[C@@H]2[C@]13O. The minimum absolute atomic E-state index is 0.0975. The van der Waals surface area contributed by atoms with E-state index in [0.717, 1.165) is 25.7 Å². The first-order valence-corrected chi connectivity index (χ1v) is 15.7. The highest BCUT2D eigenvalue weighted by molar-refractivity contribution is 5.88. The van der Waals surface area contributed by atoms with Crippen LogP contribution in [0.25, 0.3) is 0 Å². The average molecular weight is 621 g/mol. The number of carbonyl (C=O) groups excluding carboxylic acids is 4. The first-order chi connectivity index (χ1) is 20.5. The van der Waals surface area contributed by atoms with Gasteiger partial charge in [-0.2, -0.15) is 0 Å². The van der Waals surface area contributed by atoms with Crippen LogP contribution in [0.1, 0.15) is 107 Å². The van der Waals surface area contributed by atoms with Crippen LogP contribution in [-0.2, 0) is 47.6 Å². The van der Waals surface area contributed by atoms with Crippen LogP contribution in [0.3, 0.4) is 0 Å². The zero-order valence-electron chi connectivity index (χ0n) is 27.4. The first-order valence-electron chi connectivity index (χ1n) is 15.7. The Morgan fingerprint density at radius 3 is 2.32 bits per heavy atom. The monoisotopic (exact) mass is 620 g/mol. The highest BCUT2D eigenvalue weighted by atomic mass is 16.8. The van der Waals surface area contributed by atoms with E-state index in [1.54, 1.807) is 47.6 Å². The lowest BCUT2D eigenvalue weighted by molar-refractivity contribution is -0.382. The van der Waals surface area contributed by atoms with Crippen molar-refractivity contribution in [2.45, 2.75) is 154 Å². The Balaban J connectivity index is 1.85. The van der Waals surface area contributed by atoms with E-state index >= 15 is 0 Å². The van der Waals surface area contributed by atoms with Crippen LogP contribution in [0, 0.1) is 5.92 Å². The largest absolute Gasteiger partial charge is 0.459 e. The molecule has 0 bridgehead atoms. The van der Waals surface area contributed by atoms with Crippen molar-refractivity contribution < 1.29 is 52.7 Å². The van der Waals surface area contributed by atoms with Crippen molar-refractivity contribution in [2.75, 3.05) is 0 Å². The van der Waals surface area contributed by atoms with Gasteiger partial charge in [-0.05, 0) is 66.0 Å². The van der Waals surface area contributed by atoms with Gasteiger partial charge in [0.05, 0.1) is 5.92 Å². The van der Waals surface area contributed by atoms with Crippen LogP contribution in [-0.4, -0.2) is 76.0 Å². The third kappa shape index (κ3) is 5.71. The molecule has 1 saturated carbocycles. The fraction of sp³-hybridized carbons (Fsp3) is 0.758. The molecule has 3 fully saturated rings. The zero-order valence-corrected chi connectivity index (χ0v) is 27.4. The number of aliphatic hydroxyl groups is 1. The van der Waals surface area contributed by atoms with E-state index < -0.39 is 76.8 Å². The second-order valence-corrected chi connectivity index (χ2v) is 13.4. The Labute approximate surface area is 259 Å². The molecule has 0 aromatic heterocycles. The average Bonchev–Trinajstić information content (AvgIpc) is 3.26. The number of fused-ring (bicyclic) bond motifs is 2. The highest BCUT2D eigenvalue weighted by Crippen LogP contribution is 2.60. The maximum atomic E-state index is 13.5. The summed E-state index contributed by atoms with van der Waals surface area (Å²) < 4.78 is 36.4. The minimum atomic E-state index is -2.06. The van der Waals surface area contributed by atoms with Crippen LogP contribution in [0.4, 0.5) is 0 Å². The second-order valence-electron chi connectivity index (χ2n) is 13.4. The van der Waals surface area contributed by atoms with E-state index in [4.69, 9.17) is 28.4 Å². The van der Waals surface area contributed by atoms with Gasteiger partial charge in [0.15, 0.2) is 29.7 Å². The fourth-order valence-corrected chi connectivity index (χ4v) is 7.45. The van der Waals surface area contributed by atoms with Gasteiger partial charge in [-0.25, -0.2) is 9.59 Å². The molecule has 8 atom stereocenters. The first kappa shape index (κ1) is 34.1. The van der Waals surface area contributed by atoms with Crippen molar-refractivity contribution in [2.24, 2.45) is 5.92 Å². The van der Waals surface area contributed by atoms with Crippen LogP contribution in [0.2, 0.25) is 0 Å². The number of carbonyl (C=O) groups is 4. The molecule has 0 aromatic carbocycles. The molecule has 246 valence electrons. The van der Waals surface area contributed by atoms with E-state index in [1.165, 1.54) is 13.8 Å². The van der Waals surface area contributed by atoms with Gasteiger partial charge in [-0.3, -0.25) is 9.59 Å². The van der Waals surface area contributed by atoms with E-state index in [9.17, 15) is 24.3 Å². The highest BCUT2D eigenvalue weighted by Gasteiger charge is 2.79. The molecular weight excluding hydrogens is 572 g/mol. The zero-order chi connectivity index (χ0) is 32.8. The number of esters is 4. The normalized spacial score (nSPS) is 37.5. The number of allylic oxidation sites excluding steroid dienone is 1. The standard InChI is InChI=1S/C33H48O11/c1-10-12-13-14-15-16-22(35)39-26-24-23(19(4)25(26)40-28(36)18(3)11-2)27-33(38)21(17-31(24,8)42-20(5)34)43-30(6,7)44-32(33,9)29(37)41-27/h11,21,24-27,38H,10,12-17H2,1-9H3/b18-11-/t21-,24+,25-,26-,27-,31-,32+,33+/m0/s1. The summed E-state index contributed by atoms with van der Waals surface area (Å²) in [6.07, 6.45) is 1.61. The Morgan fingerprint density at radius 1 is 1.05 bits per heavy atom. The molecule has 0 aromatic rings. The Morgan fingerprint density at radius 2 is 1.70 bits per heavy atom. The maximum absolute atomic E-state index is 13.5. The molecule has 0 unspecified atom stereocenters. The maximum Gasteiger partial charge on any atom is 0.342 e. The van der Waals surface area contributed by atoms with Crippen molar-refractivity contribution in [3.05, 3.63) is 22.8 Å². The molecule has 0 amide bonds. The Bertz CT molecular complexity index is 1250. The summed E-state index contributed by atoms with van der Waals surface area (Å²) >= 11 is 0. The molecule has 2 aliphatic carbocycles. The van der Waals surface area contributed by atoms with Gasteiger partial charge in [-0.15, -0.1) is 0 Å². The molecule has 4 rings (SSSR count). The summed E-state index contributed by atoms with van der Waals surface area (Å²) in [5.74, 6) is -4.77. The van der Waals surface area contributed by atoms with E-state index in [-0.39, 0.29) is 12.8 Å². The van der Waals surface area contributed by atoms with E-state index in [1.807, 2.05) is 0 Å². The molecule has 4 aliphatic rings. The molecule has 11 heteroatoms. The summed E-state index contributed by atoms with van der Waals surface area (Å²) in [7, 11) is 0. The van der Waals surface area contributed by atoms with Crippen LogP contribution < -0.4 is 0 Å². The minimum Gasteiger partial charge on any atom is -0.459 e. The lowest BCUT2D eigenvalue weighted by Crippen LogP contribution is -2.72. The lowest BCUT2D eigenvalue weighted by atomic mass is 9.74. The lowest BCUT2D eigenvalue weighted by Gasteiger charge is -2.52. The second kappa shape index (κ2) is 12.2. The van der Waals surface area contributed by atoms with Crippen LogP contribution in [0.5, 0.6) is 0 Å². The van der Waals surface area contributed by atoms with Gasteiger partial charge >= 0.3 is 23.9 Å². The van der Waals surface area contributed by atoms with Crippen molar-refractivity contribution in [3.63, 3.8) is 0 Å². The fourth-order valence-electron chi connectivity index (χ4n) is 7.45. The van der Waals surface area contributed by atoms with Crippen molar-refractivity contribution in [1.82, 2.24) is 0 Å². The summed E-state index contributed by atoms with van der Waals surface area (Å²) in [5.41, 5.74) is -4.24. The van der Waals surface area contributed by atoms with Crippen molar-refractivity contribution in [3.8, 4) is 0 Å². The predicted octanol–water partition coefficient (Wildman–Crippen LogP) is 4.38.